The van der Waals surface area contributed by atoms with Gasteiger partial charge in [-0.15, -0.1) is 0 Å². The van der Waals surface area contributed by atoms with Gasteiger partial charge in [-0.1, -0.05) is 56.3 Å². The molecule has 4 N–H and O–H groups in total. The summed E-state index contributed by atoms with van der Waals surface area (Å²) < 4.78 is 67.1. The monoisotopic (exact) mass is 700 g/mol. The minimum atomic E-state index is -3.68. The van der Waals surface area contributed by atoms with Crippen molar-refractivity contribution in [3.05, 3.63) is 78.4 Å². The van der Waals surface area contributed by atoms with E-state index in [-0.39, 0.29) is 29.0 Å². The van der Waals surface area contributed by atoms with Crippen molar-refractivity contribution >= 4 is 20.0 Å². The highest BCUT2D eigenvalue weighted by Gasteiger charge is 2.44. The van der Waals surface area contributed by atoms with Crippen molar-refractivity contribution in [1.29, 1.82) is 0 Å². The van der Waals surface area contributed by atoms with Crippen LogP contribution in [0, 0.1) is 5.92 Å². The Kier molecular flexibility index (Phi) is 12.0. The fraction of sp³-hybridized carbons (Fsp3) is 0.486. The average molecular weight is 701 g/mol. The Balaban J connectivity index is 1.09. The van der Waals surface area contributed by atoms with E-state index >= 15 is 0 Å². The summed E-state index contributed by atoms with van der Waals surface area (Å²) in [6.45, 7) is 7.58. The molecule has 2 saturated heterocycles. The van der Waals surface area contributed by atoms with Crippen molar-refractivity contribution in [3.8, 4) is 16.9 Å². The molecule has 0 saturated carbocycles. The van der Waals surface area contributed by atoms with Gasteiger partial charge in [0.25, 0.3) is 0 Å². The Morgan fingerprint density at radius 2 is 1.65 bits per heavy atom. The highest BCUT2D eigenvalue weighted by atomic mass is 32.2. The van der Waals surface area contributed by atoms with Crippen molar-refractivity contribution in [2.45, 2.75) is 67.2 Å². The largest absolute Gasteiger partial charge is 0.491 e. The van der Waals surface area contributed by atoms with Gasteiger partial charge in [0.15, 0.2) is 0 Å². The second kappa shape index (κ2) is 15.8. The smallest absolute Gasteiger partial charge is 0.243 e. The van der Waals surface area contributed by atoms with Crippen molar-refractivity contribution in [2.24, 2.45) is 5.92 Å². The SMILES string of the molecule is CNS(=O)(=O)c1cccc(OC[C@@H](O)CN[C@H]2COC3(CCN(S(=O)(=O)c4cccc(-c5ccc(CNCC(C)C)cc5)c4)CC3)C2)c1. The molecule has 48 heavy (non-hydrogen) atoms. The molecule has 3 aromatic carbocycles. The first kappa shape index (κ1) is 36.4. The van der Waals surface area contributed by atoms with Gasteiger partial charge in [0, 0.05) is 38.3 Å². The average Bonchev–Trinajstić information content (AvgIpc) is 3.48. The predicted octanol–water partition coefficient (Wildman–Crippen LogP) is 3.35. The number of benzene rings is 3. The first-order chi connectivity index (χ1) is 22.9. The van der Waals surface area contributed by atoms with Crippen LogP contribution in [-0.2, 0) is 31.3 Å². The molecule has 0 aliphatic carbocycles. The lowest BCUT2D eigenvalue weighted by Crippen LogP contribution is -2.47. The van der Waals surface area contributed by atoms with Crippen molar-refractivity contribution in [2.75, 3.05) is 46.4 Å². The van der Waals surface area contributed by atoms with E-state index in [1.807, 2.05) is 18.2 Å². The van der Waals surface area contributed by atoms with Crippen LogP contribution in [0.1, 0.15) is 38.7 Å². The van der Waals surface area contributed by atoms with Crippen LogP contribution in [0.15, 0.2) is 82.6 Å². The second-order valence-electron chi connectivity index (χ2n) is 13.1. The summed E-state index contributed by atoms with van der Waals surface area (Å²) >= 11 is 0. The van der Waals surface area contributed by atoms with Gasteiger partial charge < -0.3 is 25.2 Å². The summed E-state index contributed by atoms with van der Waals surface area (Å²) in [4.78, 5) is 0.375. The lowest BCUT2D eigenvalue weighted by Gasteiger charge is -2.38. The van der Waals surface area contributed by atoms with Gasteiger partial charge in [-0.25, -0.2) is 21.6 Å². The lowest BCUT2D eigenvalue weighted by molar-refractivity contribution is -0.0312. The molecule has 1 spiro atoms. The summed E-state index contributed by atoms with van der Waals surface area (Å²) in [6, 6.07) is 21.5. The van der Waals surface area contributed by atoms with Gasteiger partial charge in [-0.3, -0.25) is 0 Å². The Hall–Kier alpha value is -2.88. The molecule has 0 aromatic heterocycles. The Morgan fingerprint density at radius 1 is 0.938 bits per heavy atom. The third-order valence-corrected chi connectivity index (χ3v) is 12.3. The summed E-state index contributed by atoms with van der Waals surface area (Å²) in [5.74, 6) is 0.935. The molecule has 2 heterocycles. The highest BCUT2D eigenvalue weighted by molar-refractivity contribution is 7.89. The zero-order valence-corrected chi connectivity index (χ0v) is 29.5. The second-order valence-corrected chi connectivity index (χ2v) is 16.9. The number of aliphatic hydroxyl groups is 1. The minimum absolute atomic E-state index is 0.00990. The Bertz CT molecular complexity index is 1730. The van der Waals surface area contributed by atoms with Crippen LogP contribution < -0.4 is 20.1 Å². The van der Waals surface area contributed by atoms with E-state index in [4.69, 9.17) is 9.47 Å². The topological polar surface area (TPSA) is 146 Å². The number of ether oxygens (including phenoxy) is 2. The van der Waals surface area contributed by atoms with Crippen molar-refractivity contribution in [1.82, 2.24) is 19.7 Å². The number of hydrogen-bond acceptors (Lipinski definition) is 9. The molecule has 11 nitrogen and oxygen atoms in total. The summed E-state index contributed by atoms with van der Waals surface area (Å²) in [6.07, 6.45) is 1.08. The lowest BCUT2D eigenvalue weighted by atomic mass is 9.88. The molecule has 13 heteroatoms. The predicted molar refractivity (Wildman–Crippen MR) is 186 cm³/mol. The molecule has 0 amide bonds. The van der Waals surface area contributed by atoms with Crippen LogP contribution in [0.25, 0.3) is 11.1 Å². The molecule has 2 aliphatic rings. The Morgan fingerprint density at radius 3 is 2.35 bits per heavy atom. The molecule has 3 aromatic rings. The van der Waals surface area contributed by atoms with E-state index < -0.39 is 31.8 Å². The number of piperidine rings is 1. The number of sulfonamides is 2. The molecule has 5 rings (SSSR count). The molecule has 2 fully saturated rings. The van der Waals surface area contributed by atoms with Crippen LogP contribution in [0.4, 0.5) is 0 Å². The quantitative estimate of drug-likeness (QED) is 0.188. The van der Waals surface area contributed by atoms with Crippen molar-refractivity contribution < 1.29 is 31.4 Å². The van der Waals surface area contributed by atoms with Gasteiger partial charge in [-0.05, 0) is 79.7 Å². The van der Waals surface area contributed by atoms with E-state index in [1.165, 1.54) is 24.7 Å². The van der Waals surface area contributed by atoms with Gasteiger partial charge in [-0.2, -0.15) is 4.31 Å². The normalized spacial score (nSPS) is 19.1. The zero-order chi connectivity index (χ0) is 34.4. The molecule has 262 valence electrons. The number of hydrogen-bond donors (Lipinski definition) is 4. The standard InChI is InChI=1S/C35H48N4O7S2/c1-26(2)21-37-22-27-10-12-28(13-11-27)29-6-4-9-34(18-29)48(43,44)39-16-14-35(15-17-39)20-30(24-46-35)38-23-31(40)25-45-32-7-5-8-33(19-32)47(41,42)36-3/h4-13,18-19,26,30-31,36-38,40H,14-17,20-25H2,1-3H3/t30-,31+/m1/s1. The van der Waals surface area contributed by atoms with E-state index in [1.54, 1.807) is 34.6 Å². The maximum Gasteiger partial charge on any atom is 0.243 e. The third kappa shape index (κ3) is 9.21. The molecular weight excluding hydrogens is 653 g/mol. The van der Waals surface area contributed by atoms with Crippen LogP contribution in [-0.4, -0.2) is 90.4 Å². The Labute approximate surface area is 285 Å². The molecule has 0 radical (unpaired) electrons. The van der Waals surface area contributed by atoms with E-state index in [9.17, 15) is 21.9 Å². The van der Waals surface area contributed by atoms with Crippen LogP contribution in [0.5, 0.6) is 5.75 Å². The molecule has 0 bridgehead atoms. The van der Waals surface area contributed by atoms with Crippen molar-refractivity contribution in [3.63, 3.8) is 0 Å². The number of nitrogens with zero attached hydrogens (tertiary/aromatic N) is 1. The number of nitrogens with one attached hydrogen (secondary N) is 3. The fourth-order valence-electron chi connectivity index (χ4n) is 6.17. The summed E-state index contributed by atoms with van der Waals surface area (Å²) in [5.41, 5.74) is 2.62. The first-order valence-corrected chi connectivity index (χ1v) is 19.4. The first-order valence-electron chi connectivity index (χ1n) is 16.5. The minimum Gasteiger partial charge on any atom is -0.491 e. The fourth-order valence-corrected chi connectivity index (χ4v) is 8.42. The maximum atomic E-state index is 13.7. The molecule has 2 aliphatic heterocycles. The zero-order valence-electron chi connectivity index (χ0n) is 27.9. The molecular formula is C35H48N4O7S2. The van der Waals surface area contributed by atoms with Gasteiger partial charge in [0.1, 0.15) is 18.5 Å². The van der Waals surface area contributed by atoms with E-state index in [2.05, 4.69) is 41.3 Å². The number of aliphatic hydroxyl groups excluding tert-OH is 1. The van der Waals surface area contributed by atoms with Gasteiger partial charge >= 0.3 is 0 Å². The molecule has 2 atom stereocenters. The van der Waals surface area contributed by atoms with Crippen LogP contribution >= 0.6 is 0 Å². The van der Waals surface area contributed by atoms with E-state index in [0.717, 1.165) is 30.6 Å². The third-order valence-electron chi connectivity index (χ3n) is 8.95. The van der Waals surface area contributed by atoms with Crippen LogP contribution in [0.2, 0.25) is 0 Å². The molecule has 0 unspecified atom stereocenters. The van der Waals surface area contributed by atoms with Gasteiger partial charge in [0.2, 0.25) is 20.0 Å². The summed E-state index contributed by atoms with van der Waals surface area (Å²) in [5, 5.41) is 17.3. The van der Waals surface area contributed by atoms with Gasteiger partial charge in [0.05, 0.1) is 22.0 Å². The van der Waals surface area contributed by atoms with E-state index in [0.29, 0.717) is 44.2 Å². The highest BCUT2D eigenvalue weighted by Crippen LogP contribution is 2.37. The summed E-state index contributed by atoms with van der Waals surface area (Å²) in [7, 11) is -5.93. The van der Waals surface area contributed by atoms with Crippen LogP contribution in [0.3, 0.4) is 0 Å². The maximum absolute atomic E-state index is 13.7. The number of rotatable bonds is 15.